The van der Waals surface area contributed by atoms with Gasteiger partial charge in [-0.25, -0.2) is 0 Å². The summed E-state index contributed by atoms with van der Waals surface area (Å²) in [6.45, 7) is 2.05. The minimum absolute atomic E-state index is 0.148. The topological polar surface area (TPSA) is 66.0 Å². The molecule has 0 bridgehead atoms. The molecule has 1 unspecified atom stereocenters. The Morgan fingerprint density at radius 2 is 2.00 bits per heavy atom. The maximum atomic E-state index is 12.3. The van der Waals surface area contributed by atoms with E-state index in [-0.39, 0.29) is 12.0 Å². The number of carbonyl (C=O) groups excluding carboxylic acids is 1. The Kier molecular flexibility index (Phi) is 6.93. The number of carbonyl (C=O) groups is 1. The number of hydrogen-bond acceptors (Lipinski definition) is 5. The number of benzene rings is 2. The standard InChI is InChI=1S/C21H25NO5/c1-24-19-9-2-3-10-20(19)26-13-11-22-21(23)16-6-4-7-17(14-16)27-15-18-8-5-12-25-18/h2-4,6-7,9-10,14,18H,5,8,11-13,15H2,1H3,(H,22,23). The molecule has 3 rings (SSSR count). The second kappa shape index (κ2) is 9.83. The second-order valence-electron chi connectivity index (χ2n) is 6.23. The summed E-state index contributed by atoms with van der Waals surface area (Å²) in [7, 11) is 1.60. The van der Waals surface area contributed by atoms with Crippen molar-refractivity contribution in [1.82, 2.24) is 5.32 Å². The van der Waals surface area contributed by atoms with E-state index in [0.717, 1.165) is 19.4 Å². The van der Waals surface area contributed by atoms with Crippen molar-refractivity contribution in [3.63, 3.8) is 0 Å². The molecule has 1 atom stereocenters. The first-order valence-electron chi connectivity index (χ1n) is 9.15. The summed E-state index contributed by atoms with van der Waals surface area (Å²) in [4.78, 5) is 12.3. The van der Waals surface area contributed by atoms with Crippen LogP contribution in [0, 0.1) is 0 Å². The molecular weight excluding hydrogens is 346 g/mol. The van der Waals surface area contributed by atoms with Crippen molar-refractivity contribution in [2.24, 2.45) is 0 Å². The molecule has 0 aromatic heterocycles. The first-order valence-corrected chi connectivity index (χ1v) is 9.15. The number of rotatable bonds is 9. The van der Waals surface area contributed by atoms with E-state index < -0.39 is 0 Å². The molecule has 1 amide bonds. The van der Waals surface area contributed by atoms with Crippen LogP contribution in [0.1, 0.15) is 23.2 Å². The fourth-order valence-electron chi connectivity index (χ4n) is 2.86. The summed E-state index contributed by atoms with van der Waals surface area (Å²) in [6, 6.07) is 14.6. The van der Waals surface area contributed by atoms with Crippen LogP contribution in [-0.4, -0.2) is 45.5 Å². The van der Waals surface area contributed by atoms with Gasteiger partial charge in [0.1, 0.15) is 19.0 Å². The highest BCUT2D eigenvalue weighted by Crippen LogP contribution is 2.25. The van der Waals surface area contributed by atoms with Gasteiger partial charge in [-0.1, -0.05) is 18.2 Å². The molecule has 0 spiro atoms. The average Bonchev–Trinajstić information content (AvgIpc) is 3.23. The fraction of sp³-hybridized carbons (Fsp3) is 0.381. The van der Waals surface area contributed by atoms with Gasteiger partial charge in [0.15, 0.2) is 11.5 Å². The van der Waals surface area contributed by atoms with Crippen LogP contribution in [0.3, 0.4) is 0 Å². The molecule has 144 valence electrons. The van der Waals surface area contributed by atoms with Crippen LogP contribution in [0.5, 0.6) is 17.2 Å². The number of nitrogens with one attached hydrogen (secondary N) is 1. The van der Waals surface area contributed by atoms with Crippen LogP contribution < -0.4 is 19.5 Å². The lowest BCUT2D eigenvalue weighted by molar-refractivity contribution is 0.0679. The van der Waals surface area contributed by atoms with Crippen LogP contribution in [0.25, 0.3) is 0 Å². The number of methoxy groups -OCH3 is 1. The molecule has 0 saturated carbocycles. The van der Waals surface area contributed by atoms with Crippen molar-refractivity contribution < 1.29 is 23.7 Å². The van der Waals surface area contributed by atoms with Crippen molar-refractivity contribution >= 4 is 5.91 Å². The van der Waals surface area contributed by atoms with Gasteiger partial charge < -0.3 is 24.3 Å². The van der Waals surface area contributed by atoms with Gasteiger partial charge in [-0.15, -0.1) is 0 Å². The van der Waals surface area contributed by atoms with Crippen molar-refractivity contribution in [3.8, 4) is 17.2 Å². The maximum Gasteiger partial charge on any atom is 0.251 e. The normalized spacial score (nSPS) is 16.0. The van der Waals surface area contributed by atoms with Crippen LogP contribution in [0.2, 0.25) is 0 Å². The van der Waals surface area contributed by atoms with Gasteiger partial charge in [0, 0.05) is 12.2 Å². The Hall–Kier alpha value is -2.73. The molecule has 27 heavy (non-hydrogen) atoms. The molecule has 0 aliphatic carbocycles. The minimum Gasteiger partial charge on any atom is -0.493 e. The van der Waals surface area contributed by atoms with Gasteiger partial charge in [0.25, 0.3) is 5.91 Å². The van der Waals surface area contributed by atoms with Gasteiger partial charge in [-0.3, -0.25) is 4.79 Å². The summed E-state index contributed by atoms with van der Waals surface area (Å²) in [5.41, 5.74) is 0.553. The van der Waals surface area contributed by atoms with Crippen molar-refractivity contribution in [2.75, 3.05) is 33.5 Å². The zero-order valence-corrected chi connectivity index (χ0v) is 15.5. The number of ether oxygens (including phenoxy) is 4. The highest BCUT2D eigenvalue weighted by molar-refractivity contribution is 5.94. The predicted molar refractivity (Wildman–Crippen MR) is 102 cm³/mol. The lowest BCUT2D eigenvalue weighted by Gasteiger charge is -2.13. The molecule has 2 aromatic carbocycles. The molecule has 1 saturated heterocycles. The monoisotopic (exact) mass is 371 g/mol. The van der Waals surface area contributed by atoms with E-state index in [4.69, 9.17) is 18.9 Å². The molecule has 1 fully saturated rings. The SMILES string of the molecule is COc1ccccc1OCCNC(=O)c1cccc(OCC2CCCO2)c1. The molecule has 1 N–H and O–H groups in total. The predicted octanol–water partition coefficient (Wildman–Crippen LogP) is 3.06. The highest BCUT2D eigenvalue weighted by atomic mass is 16.5. The third-order valence-corrected chi connectivity index (χ3v) is 4.27. The van der Waals surface area contributed by atoms with Crippen molar-refractivity contribution in [3.05, 3.63) is 54.1 Å². The summed E-state index contributed by atoms with van der Waals surface area (Å²) in [6.07, 6.45) is 2.24. The van der Waals surface area contributed by atoms with E-state index in [1.54, 1.807) is 19.2 Å². The lowest BCUT2D eigenvalue weighted by Crippen LogP contribution is -2.28. The number of para-hydroxylation sites is 2. The lowest BCUT2D eigenvalue weighted by atomic mass is 10.2. The third-order valence-electron chi connectivity index (χ3n) is 4.27. The van der Waals surface area contributed by atoms with Crippen LogP contribution in [0.15, 0.2) is 48.5 Å². The Morgan fingerprint density at radius 1 is 1.15 bits per heavy atom. The quantitative estimate of drug-likeness (QED) is 0.686. The Morgan fingerprint density at radius 3 is 2.78 bits per heavy atom. The summed E-state index contributed by atoms with van der Waals surface area (Å²) in [5, 5.41) is 2.85. The van der Waals surface area contributed by atoms with E-state index in [1.807, 2.05) is 36.4 Å². The molecule has 1 aliphatic rings. The smallest absolute Gasteiger partial charge is 0.251 e. The zero-order chi connectivity index (χ0) is 18.9. The second-order valence-corrected chi connectivity index (χ2v) is 6.23. The first kappa shape index (κ1) is 19.0. The number of amides is 1. The van der Waals surface area contributed by atoms with Gasteiger partial charge in [-0.05, 0) is 43.2 Å². The third kappa shape index (κ3) is 5.62. The van der Waals surface area contributed by atoms with E-state index >= 15 is 0 Å². The van der Waals surface area contributed by atoms with Gasteiger partial charge in [0.05, 0.1) is 19.8 Å². The Bertz CT molecular complexity index is 743. The zero-order valence-electron chi connectivity index (χ0n) is 15.5. The van der Waals surface area contributed by atoms with Gasteiger partial charge in [0.2, 0.25) is 0 Å². The maximum absolute atomic E-state index is 12.3. The van der Waals surface area contributed by atoms with Crippen molar-refractivity contribution in [1.29, 1.82) is 0 Å². The largest absolute Gasteiger partial charge is 0.493 e. The van der Waals surface area contributed by atoms with Crippen LogP contribution in [-0.2, 0) is 4.74 Å². The van der Waals surface area contributed by atoms with E-state index in [2.05, 4.69) is 5.32 Å². The van der Waals surface area contributed by atoms with Crippen LogP contribution in [0.4, 0.5) is 0 Å². The molecular formula is C21H25NO5. The molecule has 6 heteroatoms. The molecule has 2 aromatic rings. The highest BCUT2D eigenvalue weighted by Gasteiger charge is 2.16. The number of hydrogen-bond donors (Lipinski definition) is 1. The molecule has 0 radical (unpaired) electrons. The van der Waals surface area contributed by atoms with E-state index in [1.165, 1.54) is 0 Å². The summed E-state index contributed by atoms with van der Waals surface area (Å²) >= 11 is 0. The fourth-order valence-corrected chi connectivity index (χ4v) is 2.86. The molecule has 6 nitrogen and oxygen atoms in total. The van der Waals surface area contributed by atoms with E-state index in [0.29, 0.717) is 42.6 Å². The molecule has 1 aliphatic heterocycles. The van der Waals surface area contributed by atoms with E-state index in [9.17, 15) is 4.79 Å². The average molecular weight is 371 g/mol. The summed E-state index contributed by atoms with van der Waals surface area (Å²) in [5.74, 6) is 1.82. The summed E-state index contributed by atoms with van der Waals surface area (Å²) < 4.78 is 22.2. The van der Waals surface area contributed by atoms with Gasteiger partial charge in [-0.2, -0.15) is 0 Å². The van der Waals surface area contributed by atoms with Gasteiger partial charge >= 0.3 is 0 Å². The Balaban J connectivity index is 1.44. The first-order chi connectivity index (χ1) is 13.3. The minimum atomic E-state index is -0.166. The molecule has 1 heterocycles. The Labute approximate surface area is 159 Å². The van der Waals surface area contributed by atoms with Crippen LogP contribution >= 0.6 is 0 Å². The van der Waals surface area contributed by atoms with Crippen molar-refractivity contribution in [2.45, 2.75) is 18.9 Å².